The van der Waals surface area contributed by atoms with Gasteiger partial charge in [-0.2, -0.15) is 0 Å². The molecular formula is C21H18N2. The standard InChI is InChI=1S/C21H18N2/c1-4-10-18(11-5-1)16-22-21(20-14-8-3-9-15-20)23-17-19-12-6-2-7-13-19/h1-17,21H/b22-16-,23-17-. The van der Waals surface area contributed by atoms with E-state index in [0.717, 1.165) is 16.7 Å². The summed E-state index contributed by atoms with van der Waals surface area (Å²) in [5.74, 6) is 0. The summed E-state index contributed by atoms with van der Waals surface area (Å²) in [4.78, 5) is 9.31. The summed E-state index contributed by atoms with van der Waals surface area (Å²) in [7, 11) is 0. The Bertz CT molecular complexity index is 713. The second-order valence-corrected chi connectivity index (χ2v) is 5.16. The van der Waals surface area contributed by atoms with Crippen LogP contribution < -0.4 is 0 Å². The third-order valence-electron chi connectivity index (χ3n) is 3.43. The van der Waals surface area contributed by atoms with Crippen molar-refractivity contribution in [1.82, 2.24) is 0 Å². The van der Waals surface area contributed by atoms with Crippen LogP contribution in [0.4, 0.5) is 0 Å². The predicted octanol–water partition coefficient (Wildman–Crippen LogP) is 4.92. The van der Waals surface area contributed by atoms with Crippen LogP contribution in [0.2, 0.25) is 0 Å². The molecule has 3 aromatic rings. The average Bonchev–Trinajstić information content (AvgIpc) is 2.64. The molecule has 0 heterocycles. The fraction of sp³-hybridized carbons (Fsp3) is 0.0476. The lowest BCUT2D eigenvalue weighted by atomic mass is 10.1. The van der Waals surface area contributed by atoms with E-state index in [1.807, 2.05) is 91.3 Å². The molecule has 0 fully saturated rings. The molecule has 112 valence electrons. The highest BCUT2D eigenvalue weighted by atomic mass is 15.0. The van der Waals surface area contributed by atoms with E-state index in [-0.39, 0.29) is 6.17 Å². The van der Waals surface area contributed by atoms with Gasteiger partial charge in [0.25, 0.3) is 0 Å². The molecule has 2 heteroatoms. The van der Waals surface area contributed by atoms with Crippen LogP contribution in [0.3, 0.4) is 0 Å². The highest BCUT2D eigenvalue weighted by Crippen LogP contribution is 2.18. The van der Waals surface area contributed by atoms with E-state index >= 15 is 0 Å². The van der Waals surface area contributed by atoms with Gasteiger partial charge in [-0.3, -0.25) is 9.98 Å². The van der Waals surface area contributed by atoms with Gasteiger partial charge in [0.1, 0.15) is 0 Å². The fourth-order valence-electron chi connectivity index (χ4n) is 2.23. The van der Waals surface area contributed by atoms with E-state index in [0.29, 0.717) is 0 Å². The molecule has 0 unspecified atom stereocenters. The summed E-state index contributed by atoms with van der Waals surface area (Å²) in [6, 6.07) is 30.3. The molecule has 23 heavy (non-hydrogen) atoms. The van der Waals surface area contributed by atoms with Crippen molar-refractivity contribution in [3.8, 4) is 0 Å². The van der Waals surface area contributed by atoms with Crippen LogP contribution in [0.1, 0.15) is 22.9 Å². The number of benzene rings is 3. The van der Waals surface area contributed by atoms with Gasteiger partial charge >= 0.3 is 0 Å². The van der Waals surface area contributed by atoms with E-state index in [1.165, 1.54) is 0 Å². The molecule has 0 N–H and O–H groups in total. The van der Waals surface area contributed by atoms with Crippen molar-refractivity contribution in [2.24, 2.45) is 9.98 Å². The first kappa shape index (κ1) is 14.9. The van der Waals surface area contributed by atoms with Gasteiger partial charge in [0.05, 0.1) is 0 Å². The van der Waals surface area contributed by atoms with Crippen LogP contribution in [0.5, 0.6) is 0 Å². The van der Waals surface area contributed by atoms with Gasteiger partial charge in [0.2, 0.25) is 0 Å². The maximum absolute atomic E-state index is 4.66. The second kappa shape index (κ2) is 7.85. The third-order valence-corrected chi connectivity index (χ3v) is 3.43. The molecule has 0 spiro atoms. The maximum Gasteiger partial charge on any atom is 0.165 e. The molecule has 0 aliphatic carbocycles. The Morgan fingerprint density at radius 2 is 0.913 bits per heavy atom. The molecule has 2 nitrogen and oxygen atoms in total. The molecule has 0 saturated carbocycles. The first-order chi connectivity index (χ1) is 11.4. The number of nitrogens with zero attached hydrogens (tertiary/aromatic N) is 2. The Morgan fingerprint density at radius 1 is 0.522 bits per heavy atom. The van der Waals surface area contributed by atoms with Gasteiger partial charge in [0.15, 0.2) is 6.17 Å². The topological polar surface area (TPSA) is 24.7 Å². The van der Waals surface area contributed by atoms with E-state index in [1.54, 1.807) is 0 Å². The molecular weight excluding hydrogens is 280 g/mol. The Hall–Kier alpha value is -3.00. The third kappa shape index (κ3) is 4.48. The van der Waals surface area contributed by atoms with E-state index < -0.39 is 0 Å². The number of hydrogen-bond acceptors (Lipinski definition) is 2. The molecule has 0 aliphatic rings. The molecule has 0 aromatic heterocycles. The van der Waals surface area contributed by atoms with Crippen LogP contribution in [0.25, 0.3) is 0 Å². The minimum Gasteiger partial charge on any atom is -0.261 e. The van der Waals surface area contributed by atoms with Crippen molar-refractivity contribution in [1.29, 1.82) is 0 Å². The highest BCUT2D eigenvalue weighted by Gasteiger charge is 2.05. The lowest BCUT2D eigenvalue weighted by Crippen LogP contribution is -1.94. The zero-order valence-corrected chi connectivity index (χ0v) is 12.8. The van der Waals surface area contributed by atoms with Gasteiger partial charge in [-0.1, -0.05) is 91.0 Å². The van der Waals surface area contributed by atoms with Gasteiger partial charge in [-0.25, -0.2) is 0 Å². The number of rotatable bonds is 5. The fourth-order valence-corrected chi connectivity index (χ4v) is 2.23. The molecule has 0 atom stereocenters. The molecule has 0 amide bonds. The highest BCUT2D eigenvalue weighted by molar-refractivity contribution is 5.81. The SMILES string of the molecule is C(=N/C(/N=C\c1ccccc1)c1ccccc1)/c1ccccc1. The first-order valence-electron chi connectivity index (χ1n) is 7.63. The van der Waals surface area contributed by atoms with Gasteiger partial charge in [0, 0.05) is 12.4 Å². The van der Waals surface area contributed by atoms with Crippen LogP contribution in [0, 0.1) is 0 Å². The van der Waals surface area contributed by atoms with Gasteiger partial charge in [-0.15, -0.1) is 0 Å². The van der Waals surface area contributed by atoms with Crippen LogP contribution in [-0.2, 0) is 0 Å². The molecule has 0 aliphatic heterocycles. The summed E-state index contributed by atoms with van der Waals surface area (Å²) >= 11 is 0. The van der Waals surface area contributed by atoms with Crippen molar-refractivity contribution < 1.29 is 0 Å². The lowest BCUT2D eigenvalue weighted by Gasteiger charge is -2.07. The average molecular weight is 298 g/mol. The quantitative estimate of drug-likeness (QED) is 0.597. The van der Waals surface area contributed by atoms with E-state index in [2.05, 4.69) is 22.1 Å². The minimum absolute atomic E-state index is 0.239. The van der Waals surface area contributed by atoms with Gasteiger partial charge < -0.3 is 0 Å². The van der Waals surface area contributed by atoms with Crippen LogP contribution >= 0.6 is 0 Å². The van der Waals surface area contributed by atoms with Gasteiger partial charge in [-0.05, 0) is 16.7 Å². The maximum atomic E-state index is 4.66. The zero-order chi connectivity index (χ0) is 15.7. The van der Waals surface area contributed by atoms with Crippen molar-refractivity contribution in [2.75, 3.05) is 0 Å². The van der Waals surface area contributed by atoms with Crippen molar-refractivity contribution in [3.63, 3.8) is 0 Å². The van der Waals surface area contributed by atoms with Crippen molar-refractivity contribution in [3.05, 3.63) is 108 Å². The Morgan fingerprint density at radius 3 is 1.35 bits per heavy atom. The predicted molar refractivity (Wildman–Crippen MR) is 97.3 cm³/mol. The number of hydrogen-bond donors (Lipinski definition) is 0. The lowest BCUT2D eigenvalue weighted by molar-refractivity contribution is 0.787. The Balaban J connectivity index is 1.85. The Kier molecular flexibility index (Phi) is 5.09. The molecule has 0 bridgehead atoms. The monoisotopic (exact) mass is 298 g/mol. The summed E-state index contributed by atoms with van der Waals surface area (Å²) in [6.45, 7) is 0. The summed E-state index contributed by atoms with van der Waals surface area (Å²) in [5, 5.41) is 0. The smallest absolute Gasteiger partial charge is 0.165 e. The number of aliphatic imine (C=N–C) groups is 2. The molecule has 3 rings (SSSR count). The molecule has 0 radical (unpaired) electrons. The molecule has 3 aromatic carbocycles. The normalized spacial score (nSPS) is 11.5. The van der Waals surface area contributed by atoms with Crippen molar-refractivity contribution in [2.45, 2.75) is 6.17 Å². The van der Waals surface area contributed by atoms with Crippen LogP contribution in [-0.4, -0.2) is 12.4 Å². The van der Waals surface area contributed by atoms with Crippen LogP contribution in [0.15, 0.2) is 101 Å². The molecule has 0 saturated heterocycles. The second-order valence-electron chi connectivity index (χ2n) is 5.16. The van der Waals surface area contributed by atoms with E-state index in [9.17, 15) is 0 Å². The summed E-state index contributed by atoms with van der Waals surface area (Å²) in [6.07, 6.45) is 3.51. The van der Waals surface area contributed by atoms with Crippen molar-refractivity contribution >= 4 is 12.4 Å². The Labute approximate surface area is 136 Å². The van der Waals surface area contributed by atoms with E-state index in [4.69, 9.17) is 0 Å². The minimum atomic E-state index is -0.239. The largest absolute Gasteiger partial charge is 0.261 e. The summed E-state index contributed by atoms with van der Waals surface area (Å²) in [5.41, 5.74) is 3.22. The zero-order valence-electron chi connectivity index (χ0n) is 12.8. The first-order valence-corrected chi connectivity index (χ1v) is 7.63. The summed E-state index contributed by atoms with van der Waals surface area (Å²) < 4.78 is 0.